The molecule has 0 heterocycles. The zero-order valence-electron chi connectivity index (χ0n) is 22.2. The number of nitrogens with zero attached hydrogens (tertiary/aromatic N) is 1. The van der Waals surface area contributed by atoms with Gasteiger partial charge in [-0.1, -0.05) is 65.2 Å². The molecular weight excluding hydrogens is 438 g/mol. The predicted molar refractivity (Wildman–Crippen MR) is 138 cm³/mol. The molecule has 0 aliphatic heterocycles. The van der Waals surface area contributed by atoms with Crippen LogP contribution in [0.25, 0.3) is 0 Å². The van der Waals surface area contributed by atoms with Crippen LogP contribution in [0.2, 0.25) is 0 Å². The van der Waals surface area contributed by atoms with Gasteiger partial charge in [-0.3, -0.25) is 0 Å². The molecule has 200 valence electrons. The van der Waals surface area contributed by atoms with Crippen LogP contribution in [0.15, 0.2) is 0 Å². The predicted octanol–water partition coefficient (Wildman–Crippen LogP) is 5.90. The molecule has 0 radical (unpaired) electrons. The Balaban J connectivity index is 4.87. The van der Waals surface area contributed by atoms with Gasteiger partial charge in [-0.15, -0.1) is 0 Å². The molecule has 0 aliphatic carbocycles. The Labute approximate surface area is 206 Å². The molecule has 0 fully saturated rings. The molecule has 0 atom stereocenters. The molecule has 0 bridgehead atoms. The lowest BCUT2D eigenvalue weighted by Gasteiger charge is -2.39. The second-order valence-electron chi connectivity index (χ2n) is 9.55. The van der Waals surface area contributed by atoms with Gasteiger partial charge in [0.05, 0.1) is 49.6 Å². The summed E-state index contributed by atoms with van der Waals surface area (Å²) in [7, 11) is -4.13. The van der Waals surface area contributed by atoms with Crippen LogP contribution in [0, 0.1) is 0 Å². The van der Waals surface area contributed by atoms with Gasteiger partial charge in [0, 0.05) is 12.4 Å². The first-order chi connectivity index (χ1) is 15.9. The molecule has 0 spiro atoms. The maximum Gasteiger partial charge on any atom is 0.102 e. The van der Waals surface area contributed by atoms with E-state index in [1.807, 2.05) is 6.92 Å². The van der Waals surface area contributed by atoms with Crippen LogP contribution in [0.4, 0.5) is 0 Å². The quantitative estimate of drug-likeness (QED) is 0.0851. The van der Waals surface area contributed by atoms with Gasteiger partial charge < -0.3 is 18.5 Å². The zero-order chi connectivity index (χ0) is 24.7. The SMILES string of the molecule is CCCCCCCC[N+](CCCCCCCC)(CCCCS(=O)(=O)[O-])CCOCCOCC. The van der Waals surface area contributed by atoms with E-state index < -0.39 is 10.1 Å². The summed E-state index contributed by atoms with van der Waals surface area (Å²) < 4.78 is 45.4. The molecule has 0 saturated carbocycles. The average Bonchev–Trinajstić information content (AvgIpc) is 2.77. The minimum Gasteiger partial charge on any atom is -0.748 e. The van der Waals surface area contributed by atoms with E-state index in [-0.39, 0.29) is 5.75 Å². The van der Waals surface area contributed by atoms with Gasteiger partial charge in [0.1, 0.15) is 6.54 Å². The number of hydrogen-bond acceptors (Lipinski definition) is 5. The van der Waals surface area contributed by atoms with Gasteiger partial charge >= 0.3 is 0 Å². The fourth-order valence-corrected chi connectivity index (χ4v) is 5.03. The highest BCUT2D eigenvalue weighted by molar-refractivity contribution is 7.85. The summed E-state index contributed by atoms with van der Waals surface area (Å²) in [6, 6.07) is 0. The summed E-state index contributed by atoms with van der Waals surface area (Å²) in [4.78, 5) is 0. The number of rotatable bonds is 26. The molecule has 0 aromatic carbocycles. The van der Waals surface area contributed by atoms with Crippen molar-refractivity contribution < 1.29 is 26.9 Å². The normalized spacial score (nSPS) is 12.5. The highest BCUT2D eigenvalue weighted by atomic mass is 32.2. The number of unbranched alkanes of at least 4 members (excludes halogenated alkanes) is 11. The van der Waals surface area contributed by atoms with E-state index in [4.69, 9.17) is 9.47 Å². The lowest BCUT2D eigenvalue weighted by atomic mass is 10.1. The van der Waals surface area contributed by atoms with Gasteiger partial charge in [-0.2, -0.15) is 0 Å². The van der Waals surface area contributed by atoms with Crippen molar-refractivity contribution in [1.82, 2.24) is 0 Å². The van der Waals surface area contributed by atoms with E-state index >= 15 is 0 Å². The summed E-state index contributed by atoms with van der Waals surface area (Å²) in [6.07, 6.45) is 16.6. The van der Waals surface area contributed by atoms with E-state index in [0.29, 0.717) is 32.8 Å². The molecule has 33 heavy (non-hydrogen) atoms. The van der Waals surface area contributed by atoms with Gasteiger partial charge in [0.15, 0.2) is 0 Å². The second-order valence-corrected chi connectivity index (χ2v) is 11.1. The van der Waals surface area contributed by atoms with Crippen LogP contribution in [0.3, 0.4) is 0 Å². The summed E-state index contributed by atoms with van der Waals surface area (Å²) >= 11 is 0. The zero-order valence-corrected chi connectivity index (χ0v) is 23.0. The second kappa shape index (κ2) is 22.3. The Kier molecular flexibility index (Phi) is 22.1. The Bertz CT molecular complexity index is 472. The molecule has 0 unspecified atom stereocenters. The fraction of sp³-hybridized carbons (Fsp3) is 1.00. The van der Waals surface area contributed by atoms with E-state index in [2.05, 4.69) is 13.8 Å². The Morgan fingerprint density at radius 2 is 1.03 bits per heavy atom. The minimum atomic E-state index is -4.13. The topological polar surface area (TPSA) is 75.7 Å². The van der Waals surface area contributed by atoms with E-state index in [1.165, 1.54) is 77.0 Å². The third-order valence-corrected chi connectivity index (χ3v) is 7.32. The lowest BCUT2D eigenvalue weighted by Crippen LogP contribution is -2.52. The number of hydrogen-bond donors (Lipinski definition) is 0. The third kappa shape index (κ3) is 22.0. The molecule has 7 heteroatoms. The van der Waals surface area contributed by atoms with Crippen LogP contribution >= 0.6 is 0 Å². The van der Waals surface area contributed by atoms with Crippen molar-refractivity contribution in [2.75, 3.05) is 58.4 Å². The Morgan fingerprint density at radius 1 is 0.576 bits per heavy atom. The summed E-state index contributed by atoms with van der Waals surface area (Å²) in [6.45, 7) is 13.3. The molecule has 0 aliphatic rings. The molecule has 0 rings (SSSR count). The summed E-state index contributed by atoms with van der Waals surface area (Å²) in [5, 5.41) is 0. The number of ether oxygens (including phenoxy) is 2. The molecule has 0 amide bonds. The molecule has 0 N–H and O–H groups in total. The summed E-state index contributed by atoms with van der Waals surface area (Å²) in [5.74, 6) is -0.244. The molecular formula is C26H55NO5S. The lowest BCUT2D eigenvalue weighted by molar-refractivity contribution is -0.929. The largest absolute Gasteiger partial charge is 0.748 e. The van der Waals surface area contributed by atoms with Gasteiger partial charge in [-0.05, 0) is 45.4 Å². The first kappa shape index (κ1) is 32.8. The first-order valence-electron chi connectivity index (χ1n) is 13.8. The van der Waals surface area contributed by atoms with Crippen molar-refractivity contribution in [1.29, 1.82) is 0 Å². The minimum absolute atomic E-state index is 0.244. The molecule has 0 saturated heterocycles. The van der Waals surface area contributed by atoms with Crippen LogP contribution in [-0.2, 0) is 19.6 Å². The van der Waals surface area contributed by atoms with Crippen LogP contribution in [-0.4, -0.2) is 75.8 Å². The van der Waals surface area contributed by atoms with Crippen molar-refractivity contribution in [3.8, 4) is 0 Å². The maximum atomic E-state index is 11.1. The number of quaternary nitrogens is 1. The highest BCUT2D eigenvalue weighted by Gasteiger charge is 2.26. The Hall–Kier alpha value is -0.210. The molecule has 0 aromatic rings. The van der Waals surface area contributed by atoms with Gasteiger partial charge in [-0.25, -0.2) is 8.42 Å². The van der Waals surface area contributed by atoms with Crippen LogP contribution in [0.1, 0.15) is 111 Å². The fourth-order valence-electron chi connectivity index (χ4n) is 4.47. The van der Waals surface area contributed by atoms with Gasteiger partial charge in [0.2, 0.25) is 0 Å². The van der Waals surface area contributed by atoms with Crippen LogP contribution in [0.5, 0.6) is 0 Å². The van der Waals surface area contributed by atoms with Crippen molar-refractivity contribution in [2.45, 2.75) is 111 Å². The Morgan fingerprint density at radius 3 is 1.52 bits per heavy atom. The molecule has 0 aromatic heterocycles. The van der Waals surface area contributed by atoms with Crippen LogP contribution < -0.4 is 0 Å². The monoisotopic (exact) mass is 493 g/mol. The van der Waals surface area contributed by atoms with E-state index in [1.54, 1.807) is 0 Å². The van der Waals surface area contributed by atoms with Crippen molar-refractivity contribution in [3.05, 3.63) is 0 Å². The van der Waals surface area contributed by atoms with Crippen molar-refractivity contribution in [2.24, 2.45) is 0 Å². The van der Waals surface area contributed by atoms with E-state index in [0.717, 1.165) is 37.1 Å². The van der Waals surface area contributed by atoms with Gasteiger partial charge in [0.25, 0.3) is 0 Å². The summed E-state index contributed by atoms with van der Waals surface area (Å²) in [5.41, 5.74) is 0. The highest BCUT2D eigenvalue weighted by Crippen LogP contribution is 2.18. The first-order valence-corrected chi connectivity index (χ1v) is 15.4. The van der Waals surface area contributed by atoms with Crippen molar-refractivity contribution in [3.63, 3.8) is 0 Å². The smallest absolute Gasteiger partial charge is 0.102 e. The maximum absolute atomic E-state index is 11.1. The van der Waals surface area contributed by atoms with E-state index in [9.17, 15) is 13.0 Å². The third-order valence-electron chi connectivity index (χ3n) is 6.53. The average molecular weight is 494 g/mol. The standard InChI is InChI=1S/C26H55NO5S/c1-4-7-9-11-13-15-19-27(20-16-14-12-10-8-5-2,21-17-18-26-33(28,29)30)22-23-32-25-24-31-6-3/h4-26H2,1-3H3. The van der Waals surface area contributed by atoms with Crippen molar-refractivity contribution >= 4 is 10.1 Å². The molecule has 6 nitrogen and oxygen atoms in total.